The third-order valence-corrected chi connectivity index (χ3v) is 11.5. The predicted octanol–water partition coefficient (Wildman–Crippen LogP) is 10.6. The summed E-state index contributed by atoms with van der Waals surface area (Å²) in [5, 5.41) is 5.20. The molecule has 8 aromatic carbocycles. The van der Waals surface area contributed by atoms with Gasteiger partial charge in [0.15, 0.2) is 0 Å². The lowest BCUT2D eigenvalue weighted by Crippen LogP contribution is -2.61. The molecule has 0 saturated heterocycles. The Morgan fingerprint density at radius 1 is 0.346 bits per heavy atom. The van der Waals surface area contributed by atoms with Crippen molar-refractivity contribution in [2.45, 2.75) is 0 Å². The Labute approximate surface area is 301 Å². The van der Waals surface area contributed by atoms with Crippen molar-refractivity contribution in [1.82, 2.24) is 4.40 Å². The van der Waals surface area contributed by atoms with Crippen molar-refractivity contribution < 1.29 is 0 Å². The van der Waals surface area contributed by atoms with Crippen LogP contribution in [-0.4, -0.2) is 11.1 Å². The molecule has 4 heterocycles. The average molecular weight is 660 g/mol. The summed E-state index contributed by atoms with van der Waals surface area (Å²) in [4.78, 5) is 4.92. The van der Waals surface area contributed by atoms with Crippen LogP contribution in [0.25, 0.3) is 49.2 Å². The number of nitrogens with zero attached hydrogens (tertiary/aromatic N) is 3. The molecule has 2 aromatic heterocycles. The smallest absolute Gasteiger partial charge is 0.252 e. The van der Waals surface area contributed by atoms with E-state index in [1.807, 2.05) is 0 Å². The first-order chi connectivity index (χ1) is 25.8. The molecule has 2 aliphatic rings. The van der Waals surface area contributed by atoms with Crippen LogP contribution >= 0.6 is 0 Å². The molecule has 0 N–H and O–H groups in total. The molecule has 4 heteroatoms. The second kappa shape index (κ2) is 10.4. The highest BCUT2D eigenvalue weighted by Gasteiger charge is 2.43. The van der Waals surface area contributed by atoms with Gasteiger partial charge in [-0.05, 0) is 100 Å². The van der Waals surface area contributed by atoms with Crippen LogP contribution in [0.3, 0.4) is 0 Å². The van der Waals surface area contributed by atoms with Crippen molar-refractivity contribution in [3.8, 4) is 11.1 Å². The van der Waals surface area contributed by atoms with Gasteiger partial charge in [0, 0.05) is 55.7 Å². The molecule has 10 aromatic rings. The van der Waals surface area contributed by atoms with Gasteiger partial charge >= 0.3 is 0 Å². The van der Waals surface area contributed by atoms with Gasteiger partial charge in [0.05, 0.1) is 16.6 Å². The lowest BCUT2D eigenvalue weighted by Gasteiger charge is -2.44. The van der Waals surface area contributed by atoms with Gasteiger partial charge in [-0.3, -0.25) is 0 Å². The molecule has 12 rings (SSSR count). The summed E-state index contributed by atoms with van der Waals surface area (Å²) < 4.78 is 2.46. The summed E-state index contributed by atoms with van der Waals surface area (Å²) >= 11 is 0. The minimum atomic E-state index is 0.0683. The number of fused-ring (bicyclic) bond motifs is 10. The molecular formula is C48H30BN3. The number of benzene rings is 8. The van der Waals surface area contributed by atoms with Crippen molar-refractivity contribution in [2.75, 3.05) is 9.80 Å². The molecule has 0 aliphatic carbocycles. The van der Waals surface area contributed by atoms with Gasteiger partial charge in [-0.25, -0.2) is 0 Å². The first-order valence-electron chi connectivity index (χ1n) is 18.1. The SMILES string of the molecule is c1ccc(N2c3ccccc3B3c4cc(-c5cc6c7ccccc7n7c8ccccc8c(c5)c67)ccc4N(c4ccccc4)c4cccc2c43)cc1. The number of hydrogen-bond acceptors (Lipinski definition) is 2. The highest BCUT2D eigenvalue weighted by Crippen LogP contribution is 2.45. The van der Waals surface area contributed by atoms with Gasteiger partial charge in [-0.2, -0.15) is 0 Å². The lowest BCUT2D eigenvalue weighted by molar-refractivity contribution is 1.25. The molecule has 0 atom stereocenters. The first-order valence-corrected chi connectivity index (χ1v) is 18.1. The molecule has 2 aliphatic heterocycles. The third kappa shape index (κ3) is 3.65. The van der Waals surface area contributed by atoms with Crippen LogP contribution in [0.15, 0.2) is 182 Å². The Morgan fingerprint density at radius 3 is 1.50 bits per heavy atom. The standard InChI is InChI=1S/C48H30BN3/c1-3-14-33(15-4-1)50-43-23-12-9-20-39(43)49-40-30-31(26-27-44(40)51(34-16-5-2-6-17-34)46-25-13-24-45(50)47(46)49)32-28-37-35-18-7-10-21-41(35)52-42-22-11-8-19-36(42)38(29-32)48(37)52/h1-30H. The van der Waals surface area contributed by atoms with Crippen molar-refractivity contribution in [3.63, 3.8) is 0 Å². The van der Waals surface area contributed by atoms with Gasteiger partial charge in [0.25, 0.3) is 6.71 Å². The van der Waals surface area contributed by atoms with Gasteiger partial charge in [0.2, 0.25) is 0 Å². The number of aromatic nitrogens is 1. The molecule has 0 amide bonds. The van der Waals surface area contributed by atoms with Crippen LogP contribution in [0, 0.1) is 0 Å². The Balaban J connectivity index is 1.15. The summed E-state index contributed by atoms with van der Waals surface area (Å²) in [7, 11) is 0. The van der Waals surface area contributed by atoms with Crippen molar-refractivity contribution in [1.29, 1.82) is 0 Å². The maximum atomic E-state index is 2.48. The fraction of sp³-hybridized carbons (Fsp3) is 0. The van der Waals surface area contributed by atoms with Crippen LogP contribution < -0.4 is 26.2 Å². The van der Waals surface area contributed by atoms with Crippen LogP contribution in [0.1, 0.15) is 0 Å². The Bertz CT molecular complexity index is 2940. The van der Waals surface area contributed by atoms with E-state index in [1.165, 1.54) is 94.0 Å². The second-order valence-electron chi connectivity index (χ2n) is 14.1. The molecule has 0 radical (unpaired) electrons. The molecule has 0 unspecified atom stereocenters. The maximum absolute atomic E-state index is 2.48. The molecule has 0 spiro atoms. The van der Waals surface area contributed by atoms with E-state index in [-0.39, 0.29) is 6.71 Å². The van der Waals surface area contributed by atoms with Crippen LogP contribution in [0.5, 0.6) is 0 Å². The zero-order valence-electron chi connectivity index (χ0n) is 28.2. The summed E-state index contributed by atoms with van der Waals surface area (Å²) in [6, 6.07) is 67.2. The monoisotopic (exact) mass is 659 g/mol. The molecule has 240 valence electrons. The number of anilines is 6. The number of para-hydroxylation sites is 5. The first kappa shape index (κ1) is 28.0. The van der Waals surface area contributed by atoms with E-state index in [2.05, 4.69) is 196 Å². The van der Waals surface area contributed by atoms with E-state index in [0.717, 1.165) is 5.69 Å². The van der Waals surface area contributed by atoms with Crippen molar-refractivity contribution >= 4 is 95.3 Å². The van der Waals surface area contributed by atoms with Crippen LogP contribution in [0.4, 0.5) is 34.1 Å². The Morgan fingerprint density at radius 2 is 0.865 bits per heavy atom. The van der Waals surface area contributed by atoms with E-state index >= 15 is 0 Å². The van der Waals surface area contributed by atoms with Crippen molar-refractivity contribution in [3.05, 3.63) is 182 Å². The minimum Gasteiger partial charge on any atom is -0.311 e. The quantitative estimate of drug-likeness (QED) is 0.175. The third-order valence-electron chi connectivity index (χ3n) is 11.5. The highest BCUT2D eigenvalue weighted by molar-refractivity contribution is 7.00. The maximum Gasteiger partial charge on any atom is 0.252 e. The van der Waals surface area contributed by atoms with Gasteiger partial charge in [-0.15, -0.1) is 0 Å². The second-order valence-corrected chi connectivity index (χ2v) is 14.1. The van der Waals surface area contributed by atoms with E-state index in [1.54, 1.807) is 0 Å². The summed E-state index contributed by atoms with van der Waals surface area (Å²) in [5.41, 5.74) is 17.5. The fourth-order valence-electron chi connectivity index (χ4n) is 9.40. The van der Waals surface area contributed by atoms with Crippen molar-refractivity contribution in [2.24, 2.45) is 0 Å². The van der Waals surface area contributed by atoms with E-state index in [9.17, 15) is 0 Å². The topological polar surface area (TPSA) is 10.9 Å². The Kier molecular flexibility index (Phi) is 5.58. The van der Waals surface area contributed by atoms with Gasteiger partial charge < -0.3 is 14.2 Å². The number of rotatable bonds is 3. The zero-order chi connectivity index (χ0) is 33.9. The summed E-state index contributed by atoms with van der Waals surface area (Å²) in [5.74, 6) is 0. The predicted molar refractivity (Wildman–Crippen MR) is 221 cm³/mol. The minimum absolute atomic E-state index is 0.0683. The summed E-state index contributed by atoms with van der Waals surface area (Å²) in [6.07, 6.45) is 0. The molecule has 0 saturated carbocycles. The van der Waals surface area contributed by atoms with E-state index in [4.69, 9.17) is 0 Å². The van der Waals surface area contributed by atoms with Crippen LogP contribution in [0.2, 0.25) is 0 Å². The Hall–Kier alpha value is -6.78. The largest absolute Gasteiger partial charge is 0.311 e. The number of hydrogen-bond donors (Lipinski definition) is 0. The van der Waals surface area contributed by atoms with Gasteiger partial charge in [-0.1, -0.05) is 109 Å². The lowest BCUT2D eigenvalue weighted by atomic mass is 9.33. The normalized spacial score (nSPS) is 13.3. The zero-order valence-corrected chi connectivity index (χ0v) is 28.2. The fourth-order valence-corrected chi connectivity index (χ4v) is 9.40. The van der Waals surface area contributed by atoms with E-state index in [0.29, 0.717) is 0 Å². The molecule has 0 bridgehead atoms. The molecule has 3 nitrogen and oxygen atoms in total. The van der Waals surface area contributed by atoms with E-state index < -0.39 is 0 Å². The average Bonchev–Trinajstić information content (AvgIpc) is 3.73. The summed E-state index contributed by atoms with van der Waals surface area (Å²) in [6.45, 7) is 0.0683. The molecular weight excluding hydrogens is 629 g/mol. The van der Waals surface area contributed by atoms with Crippen LogP contribution in [-0.2, 0) is 0 Å². The van der Waals surface area contributed by atoms with Gasteiger partial charge in [0.1, 0.15) is 0 Å². The molecule has 52 heavy (non-hydrogen) atoms. The highest BCUT2D eigenvalue weighted by atomic mass is 15.2. The molecule has 0 fully saturated rings.